The van der Waals surface area contributed by atoms with Gasteiger partial charge in [-0.05, 0) is 53.6 Å². The summed E-state index contributed by atoms with van der Waals surface area (Å²) in [5.74, 6) is 0.0456. The molecule has 1 aromatic carbocycles. The zero-order valence-corrected chi connectivity index (χ0v) is 13.1. The van der Waals surface area contributed by atoms with E-state index in [2.05, 4.69) is 35.1 Å². The summed E-state index contributed by atoms with van der Waals surface area (Å²) < 4.78 is 0. The highest BCUT2D eigenvalue weighted by Crippen LogP contribution is 2.20. The minimum atomic E-state index is 0.0456. The topological polar surface area (TPSA) is 41.1 Å². The number of hydrogen-bond acceptors (Lipinski definition) is 3. The van der Waals surface area contributed by atoms with Gasteiger partial charge in [-0.25, -0.2) is 0 Å². The first-order valence-electron chi connectivity index (χ1n) is 7.44. The second-order valence-electron chi connectivity index (χ2n) is 5.28. The van der Waals surface area contributed by atoms with Gasteiger partial charge >= 0.3 is 0 Å². The summed E-state index contributed by atoms with van der Waals surface area (Å²) in [7, 11) is 0. The Morgan fingerprint density at radius 2 is 2.29 bits per heavy atom. The molecule has 4 heteroatoms. The number of aryl methyl sites for hydroxylation is 1. The smallest absolute Gasteiger partial charge is 0.251 e. The zero-order chi connectivity index (χ0) is 14.7. The van der Waals surface area contributed by atoms with Crippen LogP contribution in [0.2, 0.25) is 0 Å². The van der Waals surface area contributed by atoms with Crippen LogP contribution in [0.4, 0.5) is 0 Å². The van der Waals surface area contributed by atoms with Crippen LogP contribution >= 0.6 is 11.3 Å². The molecule has 2 heterocycles. The van der Waals surface area contributed by atoms with Gasteiger partial charge in [0.15, 0.2) is 0 Å². The summed E-state index contributed by atoms with van der Waals surface area (Å²) in [5.41, 5.74) is 4.62. The summed E-state index contributed by atoms with van der Waals surface area (Å²) in [4.78, 5) is 13.7. The fourth-order valence-corrected chi connectivity index (χ4v) is 3.75. The quantitative estimate of drug-likeness (QED) is 0.911. The van der Waals surface area contributed by atoms with Crippen LogP contribution in [0.15, 0.2) is 29.6 Å². The number of rotatable bonds is 4. The minimum Gasteiger partial charge on any atom is -0.347 e. The van der Waals surface area contributed by atoms with E-state index in [4.69, 9.17) is 0 Å². The van der Waals surface area contributed by atoms with Crippen LogP contribution in [0, 0.1) is 0 Å². The van der Waals surface area contributed by atoms with Gasteiger partial charge in [-0.2, -0.15) is 0 Å². The molecule has 0 fully saturated rings. The number of thiophene rings is 1. The SMILES string of the molecule is CCc1ccsc1CNC(=O)c1cccc2c1CCNC2. The van der Waals surface area contributed by atoms with Crippen molar-refractivity contribution in [2.75, 3.05) is 6.54 Å². The first-order chi connectivity index (χ1) is 10.3. The van der Waals surface area contributed by atoms with Gasteiger partial charge in [-0.3, -0.25) is 4.79 Å². The van der Waals surface area contributed by atoms with E-state index in [1.165, 1.54) is 21.6 Å². The average Bonchev–Trinajstić information content (AvgIpc) is 2.99. The van der Waals surface area contributed by atoms with Crippen molar-refractivity contribution in [1.29, 1.82) is 0 Å². The number of carbonyl (C=O) groups excluding carboxylic acids is 1. The Morgan fingerprint density at radius 1 is 1.38 bits per heavy atom. The Hall–Kier alpha value is -1.65. The minimum absolute atomic E-state index is 0.0456. The molecule has 0 radical (unpaired) electrons. The van der Waals surface area contributed by atoms with Crippen LogP contribution < -0.4 is 10.6 Å². The van der Waals surface area contributed by atoms with E-state index in [-0.39, 0.29) is 5.91 Å². The number of nitrogens with one attached hydrogen (secondary N) is 2. The molecular formula is C17H20N2OS. The van der Waals surface area contributed by atoms with E-state index in [1.54, 1.807) is 11.3 Å². The van der Waals surface area contributed by atoms with Crippen LogP contribution in [0.25, 0.3) is 0 Å². The van der Waals surface area contributed by atoms with Crippen molar-refractivity contribution >= 4 is 17.2 Å². The Morgan fingerprint density at radius 3 is 3.14 bits per heavy atom. The van der Waals surface area contributed by atoms with Crippen molar-refractivity contribution in [3.05, 3.63) is 56.8 Å². The Bertz CT molecular complexity index is 648. The molecule has 0 atom stereocenters. The van der Waals surface area contributed by atoms with Gasteiger partial charge in [0, 0.05) is 17.0 Å². The Kier molecular flexibility index (Phi) is 4.36. The van der Waals surface area contributed by atoms with E-state index in [9.17, 15) is 4.79 Å². The molecule has 3 rings (SSSR count). The van der Waals surface area contributed by atoms with Crippen LogP contribution in [0.5, 0.6) is 0 Å². The average molecular weight is 300 g/mol. The first-order valence-corrected chi connectivity index (χ1v) is 8.32. The van der Waals surface area contributed by atoms with E-state index in [0.717, 1.165) is 31.5 Å². The first kappa shape index (κ1) is 14.3. The van der Waals surface area contributed by atoms with E-state index < -0.39 is 0 Å². The molecule has 0 spiro atoms. The maximum absolute atomic E-state index is 12.5. The third-order valence-electron chi connectivity index (χ3n) is 4.01. The van der Waals surface area contributed by atoms with Crippen molar-refractivity contribution in [1.82, 2.24) is 10.6 Å². The van der Waals surface area contributed by atoms with E-state index in [1.807, 2.05) is 12.1 Å². The number of carbonyl (C=O) groups is 1. The lowest BCUT2D eigenvalue weighted by molar-refractivity contribution is 0.0950. The number of benzene rings is 1. The second kappa shape index (κ2) is 6.41. The molecule has 110 valence electrons. The number of amides is 1. The van der Waals surface area contributed by atoms with Crippen LogP contribution in [0.1, 0.15) is 38.8 Å². The van der Waals surface area contributed by atoms with Crippen molar-refractivity contribution in [3.8, 4) is 0 Å². The molecule has 1 aromatic heterocycles. The number of hydrogen-bond donors (Lipinski definition) is 2. The van der Waals surface area contributed by atoms with Gasteiger partial charge in [0.05, 0.1) is 6.54 Å². The maximum atomic E-state index is 12.5. The molecule has 2 aromatic rings. The van der Waals surface area contributed by atoms with Crippen molar-refractivity contribution in [2.45, 2.75) is 32.9 Å². The van der Waals surface area contributed by atoms with Gasteiger partial charge in [-0.1, -0.05) is 19.1 Å². The predicted octanol–water partition coefficient (Wildman–Crippen LogP) is 2.89. The molecule has 0 saturated carbocycles. The lowest BCUT2D eigenvalue weighted by atomic mass is 9.95. The van der Waals surface area contributed by atoms with Gasteiger partial charge in [0.25, 0.3) is 5.91 Å². The lowest BCUT2D eigenvalue weighted by Gasteiger charge is -2.20. The highest BCUT2D eigenvalue weighted by atomic mass is 32.1. The van der Waals surface area contributed by atoms with Crippen LogP contribution in [-0.4, -0.2) is 12.5 Å². The molecule has 0 aliphatic carbocycles. The summed E-state index contributed by atoms with van der Waals surface area (Å²) in [5, 5.41) is 8.52. The van der Waals surface area contributed by atoms with Crippen molar-refractivity contribution in [2.24, 2.45) is 0 Å². The largest absolute Gasteiger partial charge is 0.347 e. The highest BCUT2D eigenvalue weighted by Gasteiger charge is 2.17. The third-order valence-corrected chi connectivity index (χ3v) is 4.98. The number of fused-ring (bicyclic) bond motifs is 1. The van der Waals surface area contributed by atoms with E-state index in [0.29, 0.717) is 6.54 Å². The molecule has 3 nitrogen and oxygen atoms in total. The molecular weight excluding hydrogens is 280 g/mol. The summed E-state index contributed by atoms with van der Waals surface area (Å²) >= 11 is 1.72. The molecule has 2 N–H and O–H groups in total. The predicted molar refractivity (Wildman–Crippen MR) is 86.7 cm³/mol. The van der Waals surface area contributed by atoms with Crippen molar-refractivity contribution < 1.29 is 4.79 Å². The summed E-state index contributed by atoms with van der Waals surface area (Å²) in [6, 6.07) is 8.16. The summed E-state index contributed by atoms with van der Waals surface area (Å²) in [6.45, 7) is 4.58. The van der Waals surface area contributed by atoms with Crippen LogP contribution in [0.3, 0.4) is 0 Å². The van der Waals surface area contributed by atoms with Gasteiger partial charge in [0.1, 0.15) is 0 Å². The Labute approximate surface area is 129 Å². The second-order valence-corrected chi connectivity index (χ2v) is 6.28. The molecule has 0 saturated heterocycles. The van der Waals surface area contributed by atoms with Crippen molar-refractivity contribution in [3.63, 3.8) is 0 Å². The third kappa shape index (κ3) is 3.01. The van der Waals surface area contributed by atoms with Gasteiger partial charge < -0.3 is 10.6 Å². The van der Waals surface area contributed by atoms with E-state index >= 15 is 0 Å². The van der Waals surface area contributed by atoms with Gasteiger partial charge in [0.2, 0.25) is 0 Å². The molecule has 0 unspecified atom stereocenters. The Balaban J connectivity index is 1.74. The fraction of sp³-hybridized carbons (Fsp3) is 0.353. The maximum Gasteiger partial charge on any atom is 0.251 e. The fourth-order valence-electron chi connectivity index (χ4n) is 2.84. The van der Waals surface area contributed by atoms with Crippen LogP contribution in [-0.2, 0) is 25.9 Å². The zero-order valence-electron chi connectivity index (χ0n) is 12.2. The lowest BCUT2D eigenvalue weighted by Crippen LogP contribution is -2.29. The molecule has 1 amide bonds. The monoisotopic (exact) mass is 300 g/mol. The molecule has 21 heavy (non-hydrogen) atoms. The highest BCUT2D eigenvalue weighted by molar-refractivity contribution is 7.10. The molecule has 1 aliphatic heterocycles. The standard InChI is InChI=1S/C17H20N2OS/c1-2-12-7-9-21-16(12)11-19-17(20)15-5-3-4-13-10-18-8-6-14(13)15/h3-5,7,9,18H,2,6,8,10-11H2,1H3,(H,19,20). The normalized spacial score (nSPS) is 13.8. The van der Waals surface area contributed by atoms with Gasteiger partial charge in [-0.15, -0.1) is 11.3 Å². The molecule has 0 bridgehead atoms. The molecule has 1 aliphatic rings. The summed E-state index contributed by atoms with van der Waals surface area (Å²) in [6.07, 6.45) is 1.94.